The maximum atomic E-state index is 12.3. The quantitative estimate of drug-likeness (QED) is 0.850. The molecule has 1 amide bonds. The van der Waals surface area contributed by atoms with Gasteiger partial charge in [-0.15, -0.1) is 0 Å². The van der Waals surface area contributed by atoms with Crippen LogP contribution in [0.25, 0.3) is 0 Å². The zero-order valence-electron chi connectivity index (χ0n) is 15.3. The number of nitrogens with zero attached hydrogens (tertiary/aromatic N) is 2. The van der Waals surface area contributed by atoms with Gasteiger partial charge in [-0.25, -0.2) is 0 Å². The van der Waals surface area contributed by atoms with Crippen LogP contribution in [-0.4, -0.2) is 48.2 Å². The van der Waals surface area contributed by atoms with Crippen LogP contribution in [0.1, 0.15) is 23.6 Å². The molecular formula is C21H25ClN4O. The highest BCUT2D eigenvalue weighted by Crippen LogP contribution is 2.27. The Morgan fingerprint density at radius 1 is 0.963 bits per heavy atom. The molecule has 2 N–H and O–H groups in total. The lowest BCUT2D eigenvalue weighted by molar-refractivity contribution is -0.127. The Morgan fingerprint density at radius 2 is 1.67 bits per heavy atom. The maximum Gasteiger partial charge on any atom is 0.224 e. The fourth-order valence-electron chi connectivity index (χ4n) is 3.86. The molecule has 0 aromatic heterocycles. The number of amides is 1. The standard InChI is InChI=1S/C21H25ClN4O/c22-18-9-5-4-8-17(18)19-14-20(27)24-21(23-19)26-12-10-25(11-13-26)15-16-6-2-1-3-7-16/h1-9,19,21,23H,10-15H2,(H,24,27). The lowest BCUT2D eigenvalue weighted by Crippen LogP contribution is -2.64. The van der Waals surface area contributed by atoms with E-state index < -0.39 is 0 Å². The van der Waals surface area contributed by atoms with Crippen molar-refractivity contribution < 1.29 is 4.79 Å². The number of carbonyl (C=O) groups excluding carboxylic acids is 1. The van der Waals surface area contributed by atoms with E-state index in [4.69, 9.17) is 11.6 Å². The van der Waals surface area contributed by atoms with E-state index in [1.165, 1.54) is 5.56 Å². The van der Waals surface area contributed by atoms with Gasteiger partial charge < -0.3 is 5.32 Å². The highest BCUT2D eigenvalue weighted by Gasteiger charge is 2.32. The van der Waals surface area contributed by atoms with Crippen molar-refractivity contribution in [3.8, 4) is 0 Å². The third-order valence-electron chi connectivity index (χ3n) is 5.35. The first-order chi connectivity index (χ1) is 13.2. The first-order valence-corrected chi connectivity index (χ1v) is 9.87. The van der Waals surface area contributed by atoms with Crippen LogP contribution in [0.5, 0.6) is 0 Å². The molecule has 2 heterocycles. The first-order valence-electron chi connectivity index (χ1n) is 9.49. The predicted molar refractivity (Wildman–Crippen MR) is 107 cm³/mol. The molecule has 2 aromatic carbocycles. The van der Waals surface area contributed by atoms with Crippen molar-refractivity contribution in [3.63, 3.8) is 0 Å². The molecule has 5 nitrogen and oxygen atoms in total. The number of benzene rings is 2. The van der Waals surface area contributed by atoms with Crippen LogP contribution < -0.4 is 10.6 Å². The minimum absolute atomic E-state index is 0.0557. The minimum atomic E-state index is -0.147. The van der Waals surface area contributed by atoms with Crippen molar-refractivity contribution >= 4 is 17.5 Å². The number of halogens is 1. The molecule has 4 rings (SSSR count). The summed E-state index contributed by atoms with van der Waals surface area (Å²) >= 11 is 6.34. The van der Waals surface area contributed by atoms with Gasteiger partial charge in [0.25, 0.3) is 0 Å². The molecule has 2 atom stereocenters. The molecule has 2 aliphatic heterocycles. The van der Waals surface area contributed by atoms with E-state index in [1.807, 2.05) is 30.3 Å². The van der Waals surface area contributed by atoms with Crippen molar-refractivity contribution in [2.75, 3.05) is 26.2 Å². The molecule has 2 aromatic rings. The van der Waals surface area contributed by atoms with E-state index in [1.54, 1.807) is 0 Å². The summed E-state index contributed by atoms with van der Waals surface area (Å²) < 4.78 is 0. The average Bonchev–Trinajstić information content (AvgIpc) is 2.69. The van der Waals surface area contributed by atoms with Gasteiger partial charge in [0.1, 0.15) is 6.29 Å². The van der Waals surface area contributed by atoms with Gasteiger partial charge in [-0.2, -0.15) is 0 Å². The molecular weight excluding hydrogens is 360 g/mol. The third-order valence-corrected chi connectivity index (χ3v) is 5.69. The Kier molecular flexibility index (Phi) is 5.74. The zero-order valence-corrected chi connectivity index (χ0v) is 16.0. The smallest absolute Gasteiger partial charge is 0.224 e. The molecule has 2 saturated heterocycles. The van der Waals surface area contributed by atoms with Crippen LogP contribution in [0.2, 0.25) is 5.02 Å². The van der Waals surface area contributed by atoms with Gasteiger partial charge >= 0.3 is 0 Å². The molecule has 0 radical (unpaired) electrons. The SMILES string of the molecule is O=C1CC(c2ccccc2Cl)NC(N2CCN(Cc3ccccc3)CC2)N1. The second kappa shape index (κ2) is 8.40. The topological polar surface area (TPSA) is 47.6 Å². The summed E-state index contributed by atoms with van der Waals surface area (Å²) in [4.78, 5) is 17.1. The Labute approximate surface area is 165 Å². The zero-order chi connectivity index (χ0) is 18.6. The second-order valence-electron chi connectivity index (χ2n) is 7.21. The molecule has 27 heavy (non-hydrogen) atoms. The van der Waals surface area contributed by atoms with E-state index in [9.17, 15) is 4.79 Å². The van der Waals surface area contributed by atoms with Crippen molar-refractivity contribution in [1.82, 2.24) is 20.4 Å². The molecule has 2 unspecified atom stereocenters. The summed E-state index contributed by atoms with van der Waals surface area (Å²) in [6.45, 7) is 4.78. The van der Waals surface area contributed by atoms with E-state index in [-0.39, 0.29) is 18.2 Å². The van der Waals surface area contributed by atoms with E-state index >= 15 is 0 Å². The fraction of sp³-hybridized carbons (Fsp3) is 0.381. The van der Waals surface area contributed by atoms with Gasteiger partial charge in [-0.3, -0.25) is 19.9 Å². The number of rotatable bonds is 4. The molecule has 6 heteroatoms. The lowest BCUT2D eigenvalue weighted by atomic mass is 10.0. The third kappa shape index (κ3) is 4.50. The van der Waals surface area contributed by atoms with Crippen LogP contribution in [-0.2, 0) is 11.3 Å². The summed E-state index contributed by atoms with van der Waals surface area (Å²) in [5.74, 6) is 0.0652. The Hall–Kier alpha value is -1.92. The van der Waals surface area contributed by atoms with Crippen LogP contribution in [0.4, 0.5) is 0 Å². The number of hydrogen-bond donors (Lipinski definition) is 2. The van der Waals surface area contributed by atoms with Crippen molar-refractivity contribution in [2.24, 2.45) is 0 Å². The van der Waals surface area contributed by atoms with Crippen LogP contribution >= 0.6 is 11.6 Å². The Balaban J connectivity index is 1.36. The monoisotopic (exact) mass is 384 g/mol. The summed E-state index contributed by atoms with van der Waals surface area (Å²) in [6.07, 6.45) is 0.264. The predicted octanol–water partition coefficient (Wildman–Crippen LogP) is 2.59. The molecule has 0 aliphatic carbocycles. The maximum absolute atomic E-state index is 12.3. The van der Waals surface area contributed by atoms with Gasteiger partial charge in [0.15, 0.2) is 0 Å². The Bertz CT molecular complexity index is 777. The molecule has 142 valence electrons. The summed E-state index contributed by atoms with van der Waals surface area (Å²) in [5, 5.41) is 7.36. The number of piperazine rings is 1. The highest BCUT2D eigenvalue weighted by atomic mass is 35.5. The Morgan fingerprint density at radius 3 is 2.41 bits per heavy atom. The number of nitrogens with one attached hydrogen (secondary N) is 2. The van der Waals surface area contributed by atoms with Crippen molar-refractivity contribution in [2.45, 2.75) is 25.3 Å². The summed E-state index contributed by atoms with van der Waals surface area (Å²) in [6, 6.07) is 18.3. The van der Waals surface area contributed by atoms with Gasteiger partial charge in [0.2, 0.25) is 5.91 Å². The molecule has 0 saturated carbocycles. The van der Waals surface area contributed by atoms with Crippen LogP contribution in [0, 0.1) is 0 Å². The summed E-state index contributed by atoms with van der Waals surface area (Å²) in [5.41, 5.74) is 2.33. The number of carbonyl (C=O) groups is 1. The van der Waals surface area contributed by atoms with Gasteiger partial charge in [0.05, 0.1) is 0 Å². The van der Waals surface area contributed by atoms with Crippen molar-refractivity contribution in [3.05, 3.63) is 70.7 Å². The highest BCUT2D eigenvalue weighted by molar-refractivity contribution is 6.31. The average molecular weight is 385 g/mol. The van der Waals surface area contributed by atoms with Crippen LogP contribution in [0.15, 0.2) is 54.6 Å². The number of hydrogen-bond acceptors (Lipinski definition) is 4. The fourth-order valence-corrected chi connectivity index (χ4v) is 4.13. The molecule has 0 bridgehead atoms. The van der Waals surface area contributed by atoms with E-state index in [0.717, 1.165) is 38.3 Å². The summed E-state index contributed by atoms with van der Waals surface area (Å²) in [7, 11) is 0. The minimum Gasteiger partial charge on any atom is -0.328 e. The van der Waals surface area contributed by atoms with Gasteiger partial charge in [-0.1, -0.05) is 60.1 Å². The van der Waals surface area contributed by atoms with E-state index in [0.29, 0.717) is 11.4 Å². The lowest BCUT2D eigenvalue weighted by Gasteiger charge is -2.43. The largest absolute Gasteiger partial charge is 0.328 e. The second-order valence-corrected chi connectivity index (χ2v) is 7.62. The molecule has 2 fully saturated rings. The molecule has 0 spiro atoms. The van der Waals surface area contributed by atoms with Crippen molar-refractivity contribution in [1.29, 1.82) is 0 Å². The van der Waals surface area contributed by atoms with Gasteiger partial charge in [0, 0.05) is 50.2 Å². The molecule has 2 aliphatic rings. The normalized spacial score (nSPS) is 24.6. The van der Waals surface area contributed by atoms with Crippen LogP contribution in [0.3, 0.4) is 0 Å². The van der Waals surface area contributed by atoms with E-state index in [2.05, 4.69) is 44.7 Å². The first kappa shape index (κ1) is 18.4. The van der Waals surface area contributed by atoms with Gasteiger partial charge in [-0.05, 0) is 17.2 Å².